The third kappa shape index (κ3) is 3.47. The van der Waals surface area contributed by atoms with Gasteiger partial charge >= 0.3 is 0 Å². The summed E-state index contributed by atoms with van der Waals surface area (Å²) in [5, 5.41) is 3.88. The van der Waals surface area contributed by atoms with Gasteiger partial charge in [0.15, 0.2) is 5.69 Å². The molecule has 0 radical (unpaired) electrons. The summed E-state index contributed by atoms with van der Waals surface area (Å²) >= 11 is 0. The molecule has 4 N–H and O–H groups in total. The van der Waals surface area contributed by atoms with Crippen molar-refractivity contribution in [2.24, 2.45) is 5.73 Å². The molecule has 0 aliphatic heterocycles. The zero-order valence-corrected chi connectivity index (χ0v) is 15.3. The minimum Gasteiger partial charge on any atom is -0.495 e. The second-order valence-corrected chi connectivity index (χ2v) is 6.40. The van der Waals surface area contributed by atoms with Crippen LogP contribution in [0.1, 0.15) is 28.0 Å². The fraction of sp³-hybridized carbons (Fsp3) is 0.143. The molecule has 1 amide bonds. The molecule has 142 valence electrons. The summed E-state index contributed by atoms with van der Waals surface area (Å²) < 4.78 is 10.7. The number of ether oxygens (including phenoxy) is 1. The van der Waals surface area contributed by atoms with Gasteiger partial charge in [0, 0.05) is 17.1 Å². The number of hydrogen-bond acceptors (Lipinski definition) is 5. The molecule has 0 aliphatic rings. The zero-order valence-electron chi connectivity index (χ0n) is 15.3. The van der Waals surface area contributed by atoms with Gasteiger partial charge in [0.1, 0.15) is 12.0 Å². The number of anilines is 1. The molecule has 7 heteroatoms. The summed E-state index contributed by atoms with van der Waals surface area (Å²) in [6.07, 6.45) is 3.79. The van der Waals surface area contributed by atoms with Gasteiger partial charge in [0.05, 0.1) is 18.8 Å². The SMILES string of the molecule is COc1ccccc1NC(=O)c1coc(C(N)Cc2c[nH]c3ccccc23)n1. The van der Waals surface area contributed by atoms with E-state index in [2.05, 4.69) is 15.3 Å². The normalized spacial score (nSPS) is 12.1. The van der Waals surface area contributed by atoms with Gasteiger partial charge in [-0.15, -0.1) is 0 Å². The summed E-state index contributed by atoms with van der Waals surface area (Å²) in [7, 11) is 1.54. The van der Waals surface area contributed by atoms with Crippen LogP contribution in [-0.2, 0) is 6.42 Å². The number of rotatable bonds is 6. The number of nitrogens with two attached hydrogens (primary N) is 1. The largest absolute Gasteiger partial charge is 0.495 e. The number of fused-ring (bicyclic) bond motifs is 1. The van der Waals surface area contributed by atoms with Crippen LogP contribution in [0, 0.1) is 0 Å². The molecule has 1 unspecified atom stereocenters. The van der Waals surface area contributed by atoms with Crippen molar-refractivity contribution in [1.29, 1.82) is 0 Å². The molecule has 4 aromatic rings. The molecule has 0 fully saturated rings. The van der Waals surface area contributed by atoms with Crippen molar-refractivity contribution in [3.8, 4) is 5.75 Å². The molecule has 0 saturated carbocycles. The average Bonchev–Trinajstić information content (AvgIpc) is 3.36. The lowest BCUT2D eigenvalue weighted by atomic mass is 10.1. The Morgan fingerprint density at radius 3 is 2.89 bits per heavy atom. The van der Waals surface area contributed by atoms with Crippen LogP contribution in [0.3, 0.4) is 0 Å². The number of benzene rings is 2. The standard InChI is InChI=1S/C21H20N4O3/c1-27-19-9-5-4-8-17(19)24-20(26)18-12-28-21(25-18)15(22)10-13-11-23-16-7-3-2-6-14(13)16/h2-9,11-12,15,23H,10,22H2,1H3,(H,24,26). The Bertz CT molecular complexity index is 1120. The van der Waals surface area contributed by atoms with E-state index in [0.29, 0.717) is 23.7 Å². The van der Waals surface area contributed by atoms with Crippen molar-refractivity contribution in [1.82, 2.24) is 9.97 Å². The van der Waals surface area contributed by atoms with Gasteiger partial charge in [-0.2, -0.15) is 0 Å². The number of aromatic amines is 1. The van der Waals surface area contributed by atoms with Crippen LogP contribution in [0.2, 0.25) is 0 Å². The third-order valence-electron chi connectivity index (χ3n) is 4.54. The summed E-state index contributed by atoms with van der Waals surface area (Å²) in [6, 6.07) is 14.7. The quantitative estimate of drug-likeness (QED) is 0.476. The van der Waals surface area contributed by atoms with Crippen LogP contribution >= 0.6 is 0 Å². The van der Waals surface area contributed by atoms with Gasteiger partial charge in [-0.25, -0.2) is 4.98 Å². The Morgan fingerprint density at radius 1 is 1.25 bits per heavy atom. The number of oxazole rings is 1. The summed E-state index contributed by atoms with van der Waals surface area (Å²) in [4.78, 5) is 20.0. The van der Waals surface area contributed by atoms with E-state index < -0.39 is 11.9 Å². The summed E-state index contributed by atoms with van der Waals surface area (Å²) in [6.45, 7) is 0. The Hall–Kier alpha value is -3.58. The Balaban J connectivity index is 1.48. The second-order valence-electron chi connectivity index (χ2n) is 6.40. The van der Waals surface area contributed by atoms with Crippen molar-refractivity contribution in [3.63, 3.8) is 0 Å². The van der Waals surface area contributed by atoms with E-state index in [4.69, 9.17) is 14.9 Å². The highest BCUT2D eigenvalue weighted by Crippen LogP contribution is 2.25. The van der Waals surface area contributed by atoms with Crippen LogP contribution in [0.25, 0.3) is 10.9 Å². The van der Waals surface area contributed by atoms with Crippen LogP contribution in [0.5, 0.6) is 5.75 Å². The molecule has 0 aliphatic carbocycles. The average molecular weight is 376 g/mol. The van der Waals surface area contributed by atoms with Gasteiger partial charge in [-0.1, -0.05) is 30.3 Å². The number of methoxy groups -OCH3 is 1. The lowest BCUT2D eigenvalue weighted by molar-refractivity contribution is 0.102. The number of carbonyl (C=O) groups is 1. The monoisotopic (exact) mass is 376 g/mol. The van der Waals surface area contributed by atoms with E-state index >= 15 is 0 Å². The highest BCUT2D eigenvalue weighted by atomic mass is 16.5. The van der Waals surface area contributed by atoms with Crippen molar-refractivity contribution in [3.05, 3.63) is 78.1 Å². The maximum absolute atomic E-state index is 12.5. The molecule has 2 aromatic carbocycles. The molecule has 4 rings (SSSR count). The van der Waals surface area contributed by atoms with Gasteiger partial charge in [0.25, 0.3) is 5.91 Å². The minimum atomic E-state index is -0.466. The van der Waals surface area contributed by atoms with E-state index in [1.807, 2.05) is 42.6 Å². The minimum absolute atomic E-state index is 0.162. The van der Waals surface area contributed by atoms with Crippen molar-refractivity contribution >= 4 is 22.5 Å². The van der Waals surface area contributed by atoms with Crippen molar-refractivity contribution < 1.29 is 13.9 Å². The first-order chi connectivity index (χ1) is 13.7. The summed E-state index contributed by atoms with van der Waals surface area (Å²) in [5.74, 6) is 0.491. The maximum atomic E-state index is 12.5. The number of hydrogen-bond donors (Lipinski definition) is 3. The predicted molar refractivity (Wildman–Crippen MR) is 106 cm³/mol. The van der Waals surface area contributed by atoms with Crippen molar-refractivity contribution in [2.75, 3.05) is 12.4 Å². The first kappa shape index (κ1) is 17.8. The van der Waals surface area contributed by atoms with E-state index in [1.54, 1.807) is 19.2 Å². The zero-order chi connectivity index (χ0) is 19.5. The van der Waals surface area contributed by atoms with Crippen LogP contribution in [-0.4, -0.2) is 23.0 Å². The lowest BCUT2D eigenvalue weighted by Crippen LogP contribution is -2.16. The molecule has 0 saturated heterocycles. The molecule has 2 heterocycles. The van der Waals surface area contributed by atoms with E-state index in [-0.39, 0.29) is 5.69 Å². The van der Waals surface area contributed by atoms with Crippen LogP contribution in [0.4, 0.5) is 5.69 Å². The van der Waals surface area contributed by atoms with Gasteiger partial charge in [-0.3, -0.25) is 4.79 Å². The van der Waals surface area contributed by atoms with Crippen LogP contribution in [0.15, 0.2) is 65.4 Å². The molecule has 2 aromatic heterocycles. The van der Waals surface area contributed by atoms with Gasteiger partial charge in [-0.05, 0) is 30.2 Å². The first-order valence-corrected chi connectivity index (χ1v) is 8.86. The van der Waals surface area contributed by atoms with Crippen LogP contribution < -0.4 is 15.8 Å². The molecule has 1 atom stereocenters. The molecular formula is C21H20N4O3. The predicted octanol–water partition coefficient (Wildman–Crippen LogP) is 3.66. The maximum Gasteiger partial charge on any atom is 0.277 e. The van der Waals surface area contributed by atoms with Gasteiger partial charge in [0.2, 0.25) is 5.89 Å². The number of nitrogens with zero attached hydrogens (tertiary/aromatic N) is 1. The van der Waals surface area contributed by atoms with E-state index in [0.717, 1.165) is 16.5 Å². The van der Waals surface area contributed by atoms with E-state index in [9.17, 15) is 4.79 Å². The highest BCUT2D eigenvalue weighted by Gasteiger charge is 2.19. The first-order valence-electron chi connectivity index (χ1n) is 8.86. The number of para-hydroxylation sites is 3. The van der Waals surface area contributed by atoms with E-state index in [1.165, 1.54) is 6.26 Å². The highest BCUT2D eigenvalue weighted by molar-refractivity contribution is 6.03. The van der Waals surface area contributed by atoms with Gasteiger partial charge < -0.3 is 25.2 Å². The number of nitrogens with one attached hydrogen (secondary N) is 2. The molecular weight excluding hydrogens is 356 g/mol. The topological polar surface area (TPSA) is 106 Å². The number of carbonyl (C=O) groups excluding carboxylic acids is 1. The van der Waals surface area contributed by atoms with Crippen molar-refractivity contribution in [2.45, 2.75) is 12.5 Å². The lowest BCUT2D eigenvalue weighted by Gasteiger charge is -2.08. The second kappa shape index (κ2) is 7.58. The molecule has 28 heavy (non-hydrogen) atoms. The Morgan fingerprint density at radius 2 is 2.04 bits per heavy atom. The molecule has 0 spiro atoms. The third-order valence-corrected chi connectivity index (χ3v) is 4.54. The molecule has 0 bridgehead atoms. The Kier molecular flexibility index (Phi) is 4.82. The number of aromatic nitrogens is 2. The fourth-order valence-electron chi connectivity index (χ4n) is 3.12. The Labute approximate surface area is 161 Å². The smallest absolute Gasteiger partial charge is 0.277 e. The number of H-pyrrole nitrogens is 1. The summed E-state index contributed by atoms with van der Waals surface area (Å²) in [5.41, 5.74) is 9.11. The fourth-order valence-corrected chi connectivity index (χ4v) is 3.12. The number of amides is 1. The molecule has 7 nitrogen and oxygen atoms in total.